The van der Waals surface area contributed by atoms with E-state index in [0.717, 1.165) is 52.8 Å². The topological polar surface area (TPSA) is 49.4 Å². The quantitative estimate of drug-likeness (QED) is 0.899. The standard InChI is InChI=1S/C20H26N2O2S/c1-13(2)21-20(24)19-17(16-9-4-5-10-18(16)25-19)12-15-8-6-7-11-22(15)14(3)23/h4-5,9-10,13,15H,6-8,11-12H2,1-3H3,(H,21,24). The van der Waals surface area contributed by atoms with Gasteiger partial charge in [0.05, 0.1) is 4.88 Å². The number of nitrogens with one attached hydrogen (secondary N) is 1. The van der Waals surface area contributed by atoms with Gasteiger partial charge in [-0.25, -0.2) is 0 Å². The van der Waals surface area contributed by atoms with Gasteiger partial charge < -0.3 is 10.2 Å². The second-order valence-corrected chi connectivity index (χ2v) is 8.15. The summed E-state index contributed by atoms with van der Waals surface area (Å²) in [4.78, 5) is 27.5. The normalized spacial score (nSPS) is 17.9. The summed E-state index contributed by atoms with van der Waals surface area (Å²) in [6, 6.07) is 8.48. The van der Waals surface area contributed by atoms with Crippen LogP contribution in [-0.4, -0.2) is 35.3 Å². The molecule has 0 bridgehead atoms. The summed E-state index contributed by atoms with van der Waals surface area (Å²) < 4.78 is 1.14. The maximum absolute atomic E-state index is 12.7. The molecule has 1 N–H and O–H groups in total. The summed E-state index contributed by atoms with van der Waals surface area (Å²) in [5.41, 5.74) is 1.09. The van der Waals surface area contributed by atoms with E-state index in [2.05, 4.69) is 17.4 Å². The first kappa shape index (κ1) is 17.9. The number of benzene rings is 1. The fourth-order valence-electron chi connectivity index (χ4n) is 3.68. The van der Waals surface area contributed by atoms with Crippen molar-refractivity contribution < 1.29 is 9.59 Å². The molecule has 1 aliphatic rings. The molecule has 0 radical (unpaired) electrons. The molecule has 2 aromatic rings. The molecule has 0 aliphatic carbocycles. The van der Waals surface area contributed by atoms with Gasteiger partial charge in [-0.2, -0.15) is 0 Å². The second-order valence-electron chi connectivity index (χ2n) is 7.10. The van der Waals surface area contributed by atoms with Crippen LogP contribution in [0.1, 0.15) is 55.3 Å². The number of nitrogens with zero attached hydrogens (tertiary/aromatic N) is 1. The highest BCUT2D eigenvalue weighted by Crippen LogP contribution is 2.34. The Bertz CT molecular complexity index is 781. The van der Waals surface area contributed by atoms with Crippen molar-refractivity contribution in [2.45, 2.75) is 58.5 Å². The Balaban J connectivity index is 1.98. The Morgan fingerprint density at radius 2 is 2.04 bits per heavy atom. The molecule has 3 rings (SSSR count). The van der Waals surface area contributed by atoms with Gasteiger partial charge in [0.1, 0.15) is 0 Å². The van der Waals surface area contributed by atoms with Crippen molar-refractivity contribution in [3.63, 3.8) is 0 Å². The molecule has 1 saturated heterocycles. The van der Waals surface area contributed by atoms with E-state index >= 15 is 0 Å². The number of hydrogen-bond donors (Lipinski definition) is 1. The predicted molar refractivity (Wildman–Crippen MR) is 103 cm³/mol. The molecule has 5 heteroatoms. The predicted octanol–water partition coefficient (Wildman–Crippen LogP) is 3.98. The number of fused-ring (bicyclic) bond motifs is 1. The van der Waals surface area contributed by atoms with E-state index in [4.69, 9.17) is 0 Å². The van der Waals surface area contributed by atoms with Gasteiger partial charge in [-0.3, -0.25) is 9.59 Å². The molecule has 1 unspecified atom stereocenters. The Kier molecular flexibility index (Phi) is 5.42. The van der Waals surface area contributed by atoms with Gasteiger partial charge in [0.15, 0.2) is 0 Å². The molecule has 1 aromatic carbocycles. The zero-order chi connectivity index (χ0) is 18.0. The summed E-state index contributed by atoms with van der Waals surface area (Å²) in [7, 11) is 0. The van der Waals surface area contributed by atoms with Crippen LogP contribution < -0.4 is 5.32 Å². The lowest BCUT2D eigenvalue weighted by atomic mass is 9.94. The average Bonchev–Trinajstić information content (AvgIpc) is 2.93. The van der Waals surface area contributed by atoms with Crippen molar-refractivity contribution in [3.8, 4) is 0 Å². The van der Waals surface area contributed by atoms with Gasteiger partial charge in [0, 0.05) is 30.3 Å². The van der Waals surface area contributed by atoms with Gasteiger partial charge in [0.2, 0.25) is 5.91 Å². The number of hydrogen-bond acceptors (Lipinski definition) is 3. The van der Waals surface area contributed by atoms with Crippen molar-refractivity contribution in [3.05, 3.63) is 34.7 Å². The number of rotatable bonds is 4. The smallest absolute Gasteiger partial charge is 0.261 e. The molecule has 1 aromatic heterocycles. The lowest BCUT2D eigenvalue weighted by Crippen LogP contribution is -2.44. The molecular weight excluding hydrogens is 332 g/mol. The van der Waals surface area contributed by atoms with Crippen LogP contribution in [0.15, 0.2) is 24.3 Å². The lowest BCUT2D eigenvalue weighted by molar-refractivity contribution is -0.132. The molecule has 1 atom stereocenters. The molecule has 134 valence electrons. The van der Waals surface area contributed by atoms with Crippen LogP contribution in [0.25, 0.3) is 10.1 Å². The van der Waals surface area contributed by atoms with Gasteiger partial charge >= 0.3 is 0 Å². The van der Waals surface area contributed by atoms with E-state index in [1.807, 2.05) is 30.9 Å². The van der Waals surface area contributed by atoms with Gasteiger partial charge in [-0.15, -0.1) is 11.3 Å². The molecule has 1 fully saturated rings. The molecule has 2 amide bonds. The highest BCUT2D eigenvalue weighted by Gasteiger charge is 2.28. The molecule has 25 heavy (non-hydrogen) atoms. The highest BCUT2D eigenvalue weighted by atomic mass is 32.1. The summed E-state index contributed by atoms with van der Waals surface area (Å²) >= 11 is 1.56. The van der Waals surface area contributed by atoms with Crippen LogP contribution in [-0.2, 0) is 11.2 Å². The lowest BCUT2D eigenvalue weighted by Gasteiger charge is -2.35. The number of carbonyl (C=O) groups excluding carboxylic acids is 2. The summed E-state index contributed by atoms with van der Waals surface area (Å²) in [5.74, 6) is 0.133. The van der Waals surface area contributed by atoms with Crippen LogP contribution in [0.5, 0.6) is 0 Å². The summed E-state index contributed by atoms with van der Waals surface area (Å²) in [6.07, 6.45) is 3.98. The minimum absolute atomic E-state index is 0.00335. The fourth-order valence-corrected chi connectivity index (χ4v) is 4.81. The first-order valence-corrected chi connectivity index (χ1v) is 9.87. The third kappa shape index (κ3) is 3.87. The van der Waals surface area contributed by atoms with Crippen LogP contribution in [0.4, 0.5) is 0 Å². The van der Waals surface area contributed by atoms with E-state index in [1.165, 1.54) is 0 Å². The van der Waals surface area contributed by atoms with Crippen molar-refractivity contribution >= 4 is 33.2 Å². The molecule has 4 nitrogen and oxygen atoms in total. The van der Waals surface area contributed by atoms with Gasteiger partial charge in [0.25, 0.3) is 5.91 Å². The van der Waals surface area contributed by atoms with E-state index in [0.29, 0.717) is 0 Å². The van der Waals surface area contributed by atoms with E-state index in [-0.39, 0.29) is 23.9 Å². The fraction of sp³-hybridized carbons (Fsp3) is 0.500. The maximum atomic E-state index is 12.7. The summed E-state index contributed by atoms with van der Waals surface area (Å²) in [5, 5.41) is 4.17. The highest BCUT2D eigenvalue weighted by molar-refractivity contribution is 7.21. The van der Waals surface area contributed by atoms with Crippen LogP contribution in [0, 0.1) is 0 Å². The minimum atomic E-state index is -0.00335. The zero-order valence-electron chi connectivity index (χ0n) is 15.2. The monoisotopic (exact) mass is 358 g/mol. The molecule has 0 spiro atoms. The Labute approximate surface area is 153 Å². The second kappa shape index (κ2) is 7.56. The molecule has 0 saturated carbocycles. The van der Waals surface area contributed by atoms with Crippen LogP contribution in [0.3, 0.4) is 0 Å². The largest absolute Gasteiger partial charge is 0.349 e. The van der Waals surface area contributed by atoms with E-state index in [9.17, 15) is 9.59 Å². The first-order chi connectivity index (χ1) is 12.0. The van der Waals surface area contributed by atoms with Crippen molar-refractivity contribution in [2.75, 3.05) is 6.54 Å². The SMILES string of the molecule is CC(=O)N1CCCCC1Cc1c(C(=O)NC(C)C)sc2ccccc12. The molecule has 1 aliphatic heterocycles. The number of amides is 2. The molecule has 2 heterocycles. The van der Waals surface area contributed by atoms with Crippen LogP contribution >= 0.6 is 11.3 Å². The van der Waals surface area contributed by atoms with E-state index < -0.39 is 0 Å². The number of thiophene rings is 1. The molecular formula is C20H26N2O2S. The number of carbonyl (C=O) groups is 2. The number of likely N-dealkylation sites (tertiary alicyclic amines) is 1. The zero-order valence-corrected chi connectivity index (χ0v) is 16.0. The Hall–Kier alpha value is -1.88. The van der Waals surface area contributed by atoms with Crippen LogP contribution in [0.2, 0.25) is 0 Å². The average molecular weight is 359 g/mol. The third-order valence-electron chi connectivity index (χ3n) is 4.80. The Morgan fingerprint density at radius 3 is 2.76 bits per heavy atom. The van der Waals surface area contributed by atoms with Crippen molar-refractivity contribution in [2.24, 2.45) is 0 Å². The Morgan fingerprint density at radius 1 is 1.28 bits per heavy atom. The minimum Gasteiger partial charge on any atom is -0.349 e. The van der Waals surface area contributed by atoms with Gasteiger partial charge in [-0.1, -0.05) is 18.2 Å². The summed E-state index contributed by atoms with van der Waals surface area (Å²) in [6.45, 7) is 6.43. The number of piperidine rings is 1. The van der Waals surface area contributed by atoms with E-state index in [1.54, 1.807) is 18.3 Å². The maximum Gasteiger partial charge on any atom is 0.261 e. The van der Waals surface area contributed by atoms with Gasteiger partial charge in [-0.05, 0) is 56.5 Å². The first-order valence-electron chi connectivity index (χ1n) is 9.06. The van der Waals surface area contributed by atoms with Crippen molar-refractivity contribution in [1.82, 2.24) is 10.2 Å². The third-order valence-corrected chi connectivity index (χ3v) is 6.01. The van der Waals surface area contributed by atoms with Crippen molar-refractivity contribution in [1.29, 1.82) is 0 Å².